The molecule has 0 radical (unpaired) electrons. The van der Waals surface area contributed by atoms with Crippen LogP contribution in [0.4, 0.5) is 0 Å². The first-order valence-corrected chi connectivity index (χ1v) is 6.35. The fourth-order valence-electron chi connectivity index (χ4n) is 2.08. The van der Waals surface area contributed by atoms with Crippen LogP contribution in [-0.4, -0.2) is 58.9 Å². The van der Waals surface area contributed by atoms with Crippen molar-refractivity contribution in [1.29, 1.82) is 0 Å². The summed E-state index contributed by atoms with van der Waals surface area (Å²) >= 11 is 0. The number of nitrogens with zero attached hydrogens (tertiary/aromatic N) is 2. The normalized spacial score (nSPS) is 14.5. The van der Waals surface area contributed by atoms with Gasteiger partial charge in [-0.2, -0.15) is 5.10 Å². The molecule has 0 bridgehead atoms. The van der Waals surface area contributed by atoms with Gasteiger partial charge in [-0.05, 0) is 34.9 Å². The minimum absolute atomic E-state index is 0.105. The zero-order valence-corrected chi connectivity index (χ0v) is 12.4. The van der Waals surface area contributed by atoms with Gasteiger partial charge < -0.3 is 15.3 Å². The lowest BCUT2D eigenvalue weighted by Gasteiger charge is -2.27. The summed E-state index contributed by atoms with van der Waals surface area (Å²) in [4.78, 5) is 13.8. The van der Waals surface area contributed by atoms with E-state index in [0.717, 1.165) is 17.0 Å². The number of amides is 1. The van der Waals surface area contributed by atoms with Crippen LogP contribution in [0.15, 0.2) is 0 Å². The van der Waals surface area contributed by atoms with Crippen LogP contribution in [0.25, 0.3) is 0 Å². The highest BCUT2D eigenvalue weighted by atomic mass is 16.3. The molecule has 1 aromatic rings. The largest absolute Gasteiger partial charge is 0.387 e. The first-order chi connectivity index (χ1) is 8.71. The Labute approximate surface area is 114 Å². The van der Waals surface area contributed by atoms with Crippen LogP contribution in [0.5, 0.6) is 0 Å². The number of aromatic amines is 1. The molecule has 0 spiro atoms. The minimum atomic E-state index is -0.931. The van der Waals surface area contributed by atoms with Crippen LogP contribution in [0.3, 0.4) is 0 Å². The lowest BCUT2D eigenvalue weighted by molar-refractivity contribution is -0.121. The van der Waals surface area contributed by atoms with Gasteiger partial charge in [-0.3, -0.25) is 9.89 Å². The smallest absolute Gasteiger partial charge is 0.224 e. The third-order valence-corrected chi connectivity index (χ3v) is 2.94. The van der Waals surface area contributed by atoms with Crippen molar-refractivity contribution in [2.24, 2.45) is 0 Å². The number of carbonyl (C=O) groups excluding carboxylic acids is 1. The van der Waals surface area contributed by atoms with Crippen molar-refractivity contribution >= 4 is 5.91 Å². The molecule has 1 rings (SSSR count). The van der Waals surface area contributed by atoms with Gasteiger partial charge in [0.15, 0.2) is 0 Å². The number of aryl methyl sites for hydroxylation is 2. The van der Waals surface area contributed by atoms with Crippen molar-refractivity contribution in [1.82, 2.24) is 20.4 Å². The number of carbonyl (C=O) groups is 1. The van der Waals surface area contributed by atoms with Gasteiger partial charge in [-0.15, -0.1) is 0 Å². The summed E-state index contributed by atoms with van der Waals surface area (Å²) < 4.78 is 0. The number of aliphatic hydroxyl groups is 1. The molecule has 1 heterocycles. The molecule has 0 saturated carbocycles. The van der Waals surface area contributed by atoms with E-state index in [1.165, 1.54) is 0 Å². The van der Waals surface area contributed by atoms with E-state index >= 15 is 0 Å². The quantitative estimate of drug-likeness (QED) is 0.678. The second-order valence-electron chi connectivity index (χ2n) is 5.60. The van der Waals surface area contributed by atoms with Gasteiger partial charge in [0.25, 0.3) is 0 Å². The number of likely N-dealkylation sites (N-methyl/N-ethyl adjacent to an activating group) is 1. The topological polar surface area (TPSA) is 81.2 Å². The van der Waals surface area contributed by atoms with E-state index in [4.69, 9.17) is 0 Å². The summed E-state index contributed by atoms with van der Waals surface area (Å²) in [6, 6.07) is 0. The average molecular weight is 268 g/mol. The number of hydrogen-bond acceptors (Lipinski definition) is 4. The molecule has 0 aliphatic heterocycles. The van der Waals surface area contributed by atoms with Crippen LogP contribution < -0.4 is 5.32 Å². The first-order valence-electron chi connectivity index (χ1n) is 6.35. The SMILES string of the molecule is Cc1n[nH]c(C)c1CC(=O)NCC(C)(O)CN(C)C. The van der Waals surface area contributed by atoms with Crippen LogP contribution in [0.1, 0.15) is 23.9 Å². The zero-order valence-electron chi connectivity index (χ0n) is 12.4. The highest BCUT2D eigenvalue weighted by Crippen LogP contribution is 2.10. The van der Waals surface area contributed by atoms with Crippen LogP contribution in [0, 0.1) is 13.8 Å². The third kappa shape index (κ3) is 5.00. The van der Waals surface area contributed by atoms with Crippen molar-refractivity contribution < 1.29 is 9.90 Å². The van der Waals surface area contributed by atoms with E-state index in [1.807, 2.05) is 32.8 Å². The van der Waals surface area contributed by atoms with Crippen molar-refractivity contribution in [2.45, 2.75) is 32.8 Å². The molecule has 0 aliphatic carbocycles. The van der Waals surface area contributed by atoms with E-state index in [2.05, 4.69) is 15.5 Å². The molecule has 0 fully saturated rings. The van der Waals surface area contributed by atoms with Gasteiger partial charge in [0, 0.05) is 24.3 Å². The first kappa shape index (κ1) is 15.7. The highest BCUT2D eigenvalue weighted by molar-refractivity contribution is 5.79. The van der Waals surface area contributed by atoms with Gasteiger partial charge in [-0.1, -0.05) is 0 Å². The number of rotatable bonds is 6. The fourth-order valence-corrected chi connectivity index (χ4v) is 2.08. The highest BCUT2D eigenvalue weighted by Gasteiger charge is 2.22. The van der Waals surface area contributed by atoms with E-state index in [0.29, 0.717) is 6.54 Å². The number of aromatic nitrogens is 2. The molecule has 1 aromatic heterocycles. The minimum Gasteiger partial charge on any atom is -0.387 e. The molecule has 0 aromatic carbocycles. The Kier molecular flexibility index (Phi) is 5.08. The molecule has 6 heteroatoms. The van der Waals surface area contributed by atoms with E-state index in [9.17, 15) is 9.90 Å². The molecule has 0 aliphatic rings. The fraction of sp³-hybridized carbons (Fsp3) is 0.692. The second kappa shape index (κ2) is 6.16. The Hall–Kier alpha value is -1.40. The molecule has 1 unspecified atom stereocenters. The standard InChI is InChI=1S/C13H24N4O2/c1-9-11(10(2)16-15-9)6-12(18)14-7-13(3,19)8-17(4)5/h19H,6-8H2,1-5H3,(H,14,18)(H,15,16). The third-order valence-electron chi connectivity index (χ3n) is 2.94. The van der Waals surface area contributed by atoms with Gasteiger partial charge in [-0.25, -0.2) is 0 Å². The predicted molar refractivity (Wildman–Crippen MR) is 74.0 cm³/mol. The van der Waals surface area contributed by atoms with Crippen molar-refractivity contribution in [3.8, 4) is 0 Å². The lowest BCUT2D eigenvalue weighted by atomic mass is 10.1. The summed E-state index contributed by atoms with van der Waals surface area (Å²) in [5, 5.41) is 19.8. The lowest BCUT2D eigenvalue weighted by Crippen LogP contribution is -2.47. The van der Waals surface area contributed by atoms with E-state index in [-0.39, 0.29) is 18.9 Å². The molecule has 6 nitrogen and oxygen atoms in total. The Balaban J connectivity index is 2.49. The summed E-state index contributed by atoms with van der Waals surface area (Å²) in [6.07, 6.45) is 0.284. The summed E-state index contributed by atoms with van der Waals surface area (Å²) in [6.45, 7) is 6.21. The second-order valence-corrected chi connectivity index (χ2v) is 5.60. The van der Waals surface area contributed by atoms with Gasteiger partial charge in [0.2, 0.25) is 5.91 Å². The van der Waals surface area contributed by atoms with Crippen molar-refractivity contribution in [3.63, 3.8) is 0 Å². The molecule has 108 valence electrons. The maximum Gasteiger partial charge on any atom is 0.224 e. The summed E-state index contributed by atoms with van der Waals surface area (Å²) in [5.74, 6) is -0.105. The zero-order chi connectivity index (χ0) is 14.6. The molecule has 19 heavy (non-hydrogen) atoms. The van der Waals surface area contributed by atoms with Crippen LogP contribution in [0.2, 0.25) is 0 Å². The average Bonchev–Trinajstić information content (AvgIpc) is 2.57. The van der Waals surface area contributed by atoms with Crippen LogP contribution in [-0.2, 0) is 11.2 Å². The van der Waals surface area contributed by atoms with Gasteiger partial charge >= 0.3 is 0 Å². The summed E-state index contributed by atoms with van der Waals surface area (Å²) in [5.41, 5.74) is 1.74. The number of nitrogens with one attached hydrogen (secondary N) is 2. The van der Waals surface area contributed by atoms with Gasteiger partial charge in [0.1, 0.15) is 0 Å². The molecule has 0 saturated heterocycles. The molecular formula is C13H24N4O2. The number of H-pyrrole nitrogens is 1. The molecule has 3 N–H and O–H groups in total. The summed E-state index contributed by atoms with van der Waals surface area (Å²) in [7, 11) is 3.77. The Morgan fingerprint density at radius 3 is 2.58 bits per heavy atom. The predicted octanol–water partition coefficient (Wildman–Crippen LogP) is -0.00216. The molecular weight excluding hydrogens is 244 g/mol. The van der Waals surface area contributed by atoms with Gasteiger partial charge in [0.05, 0.1) is 17.7 Å². The monoisotopic (exact) mass is 268 g/mol. The van der Waals surface area contributed by atoms with Crippen LogP contribution >= 0.6 is 0 Å². The Bertz CT molecular complexity index is 418. The number of hydrogen-bond donors (Lipinski definition) is 3. The maximum atomic E-state index is 11.9. The maximum absolute atomic E-state index is 11.9. The Morgan fingerprint density at radius 1 is 1.47 bits per heavy atom. The molecule has 1 amide bonds. The molecule has 1 atom stereocenters. The van der Waals surface area contributed by atoms with Crippen molar-refractivity contribution in [3.05, 3.63) is 17.0 Å². The van der Waals surface area contributed by atoms with Crippen molar-refractivity contribution in [2.75, 3.05) is 27.2 Å². The van der Waals surface area contributed by atoms with E-state index < -0.39 is 5.60 Å². The van der Waals surface area contributed by atoms with E-state index in [1.54, 1.807) is 6.92 Å². The Morgan fingerprint density at radius 2 is 2.11 bits per heavy atom.